The number of rotatable bonds is 4. The number of carbonyl (C=O) groups excluding carboxylic acids is 1. The Bertz CT molecular complexity index is 694. The van der Waals surface area contributed by atoms with Crippen LogP contribution in [0.1, 0.15) is 28.4 Å². The molecule has 1 atom stereocenters. The SMILES string of the molecule is Cc1cc(S(C)(=O)=O)cc(C(=O)N(C)C(C)C(=O)O)c1C. The highest BCUT2D eigenvalue weighted by Gasteiger charge is 2.25. The largest absolute Gasteiger partial charge is 0.480 e. The minimum Gasteiger partial charge on any atom is -0.480 e. The normalized spacial score (nSPS) is 12.8. The summed E-state index contributed by atoms with van der Waals surface area (Å²) in [5.41, 5.74) is 1.50. The van der Waals surface area contributed by atoms with Crippen molar-refractivity contribution in [3.05, 3.63) is 28.8 Å². The Morgan fingerprint density at radius 1 is 1.24 bits per heavy atom. The molecule has 0 bridgehead atoms. The molecule has 116 valence electrons. The van der Waals surface area contributed by atoms with Crippen molar-refractivity contribution in [2.45, 2.75) is 31.7 Å². The molecule has 0 aliphatic heterocycles. The van der Waals surface area contributed by atoms with Crippen LogP contribution in [0.25, 0.3) is 0 Å². The minimum absolute atomic E-state index is 0.0466. The van der Waals surface area contributed by atoms with Gasteiger partial charge in [-0.25, -0.2) is 13.2 Å². The third-order valence-electron chi connectivity index (χ3n) is 3.56. The molecule has 0 aromatic heterocycles. The summed E-state index contributed by atoms with van der Waals surface area (Å²) in [6, 6.07) is 1.80. The van der Waals surface area contributed by atoms with E-state index in [2.05, 4.69) is 0 Å². The van der Waals surface area contributed by atoms with Gasteiger partial charge >= 0.3 is 5.97 Å². The van der Waals surface area contributed by atoms with Crippen molar-refractivity contribution in [1.29, 1.82) is 0 Å². The van der Waals surface area contributed by atoms with Gasteiger partial charge in [-0.2, -0.15) is 0 Å². The first-order valence-corrected chi connectivity index (χ1v) is 8.17. The van der Waals surface area contributed by atoms with Crippen molar-refractivity contribution in [3.8, 4) is 0 Å². The Morgan fingerprint density at radius 2 is 1.76 bits per heavy atom. The maximum Gasteiger partial charge on any atom is 0.326 e. The highest BCUT2D eigenvalue weighted by Crippen LogP contribution is 2.21. The predicted molar refractivity (Wildman–Crippen MR) is 78.2 cm³/mol. The van der Waals surface area contributed by atoms with E-state index in [9.17, 15) is 18.0 Å². The quantitative estimate of drug-likeness (QED) is 0.903. The summed E-state index contributed by atoms with van der Waals surface area (Å²) >= 11 is 0. The van der Waals surface area contributed by atoms with Crippen molar-refractivity contribution < 1.29 is 23.1 Å². The molecule has 1 rings (SSSR count). The molecular weight excluding hydrogens is 294 g/mol. The zero-order valence-corrected chi connectivity index (χ0v) is 13.5. The highest BCUT2D eigenvalue weighted by atomic mass is 32.2. The number of benzene rings is 1. The molecule has 1 aromatic rings. The van der Waals surface area contributed by atoms with Crippen molar-refractivity contribution in [1.82, 2.24) is 4.90 Å². The van der Waals surface area contributed by atoms with Gasteiger partial charge in [0.2, 0.25) is 0 Å². The van der Waals surface area contributed by atoms with E-state index in [4.69, 9.17) is 5.11 Å². The number of carbonyl (C=O) groups is 2. The van der Waals surface area contributed by atoms with E-state index in [1.54, 1.807) is 13.8 Å². The average Bonchev–Trinajstić information content (AvgIpc) is 2.37. The molecule has 1 N–H and O–H groups in total. The minimum atomic E-state index is -3.45. The zero-order chi connectivity index (χ0) is 16.5. The molecule has 0 spiro atoms. The fraction of sp³-hybridized carbons (Fsp3) is 0.429. The van der Waals surface area contributed by atoms with Gasteiger partial charge in [-0.1, -0.05) is 0 Å². The lowest BCUT2D eigenvalue weighted by Gasteiger charge is -2.23. The molecule has 0 saturated heterocycles. The van der Waals surface area contributed by atoms with Gasteiger partial charge in [0.05, 0.1) is 4.90 Å². The van der Waals surface area contributed by atoms with Gasteiger partial charge < -0.3 is 10.0 Å². The van der Waals surface area contributed by atoms with Crippen LogP contribution < -0.4 is 0 Å². The lowest BCUT2D eigenvalue weighted by molar-refractivity contribution is -0.141. The number of amides is 1. The zero-order valence-electron chi connectivity index (χ0n) is 12.7. The van der Waals surface area contributed by atoms with Gasteiger partial charge in [-0.15, -0.1) is 0 Å². The van der Waals surface area contributed by atoms with E-state index in [0.29, 0.717) is 11.1 Å². The summed E-state index contributed by atoms with van der Waals surface area (Å²) in [4.78, 5) is 24.5. The van der Waals surface area contributed by atoms with E-state index >= 15 is 0 Å². The number of nitrogens with zero attached hydrogens (tertiary/aromatic N) is 1. The van der Waals surface area contributed by atoms with Gasteiger partial charge in [0, 0.05) is 18.9 Å². The predicted octanol–water partition coefficient (Wildman–Crippen LogP) is 1.25. The molecule has 0 saturated carbocycles. The number of sulfone groups is 1. The number of carboxylic acid groups (broad SMARTS) is 1. The third kappa shape index (κ3) is 3.60. The van der Waals surface area contributed by atoms with Crippen LogP contribution in [0.5, 0.6) is 0 Å². The van der Waals surface area contributed by atoms with Crippen LogP contribution in [0.4, 0.5) is 0 Å². The molecule has 1 amide bonds. The van der Waals surface area contributed by atoms with Crippen molar-refractivity contribution in [2.75, 3.05) is 13.3 Å². The molecule has 1 unspecified atom stereocenters. The average molecular weight is 313 g/mol. The standard InChI is InChI=1S/C14H19NO5S/c1-8-6-11(21(5,19)20)7-12(9(8)2)13(16)15(4)10(3)14(17)18/h6-7,10H,1-5H3,(H,17,18). The van der Waals surface area contributed by atoms with E-state index in [-0.39, 0.29) is 10.5 Å². The molecule has 21 heavy (non-hydrogen) atoms. The van der Waals surface area contributed by atoms with Crippen LogP contribution in [-0.4, -0.2) is 49.6 Å². The Morgan fingerprint density at radius 3 is 2.19 bits per heavy atom. The van der Waals surface area contributed by atoms with E-state index < -0.39 is 27.8 Å². The Labute approximate surface area is 124 Å². The van der Waals surface area contributed by atoms with Gasteiger partial charge in [-0.3, -0.25) is 4.79 Å². The summed E-state index contributed by atoms with van der Waals surface area (Å²) in [6.45, 7) is 4.80. The van der Waals surface area contributed by atoms with Crippen LogP contribution in [0.2, 0.25) is 0 Å². The molecule has 0 fully saturated rings. The highest BCUT2D eigenvalue weighted by molar-refractivity contribution is 7.90. The molecule has 0 heterocycles. The lowest BCUT2D eigenvalue weighted by atomic mass is 10.0. The molecule has 0 aliphatic rings. The number of hydrogen-bond acceptors (Lipinski definition) is 4. The first-order valence-electron chi connectivity index (χ1n) is 6.28. The van der Waals surface area contributed by atoms with Crippen LogP contribution in [0.3, 0.4) is 0 Å². The van der Waals surface area contributed by atoms with Gasteiger partial charge in [0.15, 0.2) is 9.84 Å². The molecule has 1 aromatic carbocycles. The van der Waals surface area contributed by atoms with Crippen LogP contribution in [0, 0.1) is 13.8 Å². The number of aryl methyl sites for hydroxylation is 1. The first-order chi connectivity index (χ1) is 9.46. The second-order valence-electron chi connectivity index (χ2n) is 5.12. The fourth-order valence-corrected chi connectivity index (χ4v) is 2.52. The summed E-state index contributed by atoms with van der Waals surface area (Å²) in [7, 11) is -2.07. The Hall–Kier alpha value is -1.89. The monoisotopic (exact) mass is 313 g/mol. The van der Waals surface area contributed by atoms with Gasteiger partial charge in [0.25, 0.3) is 5.91 Å². The van der Waals surface area contributed by atoms with E-state index in [0.717, 1.165) is 11.2 Å². The molecular formula is C14H19NO5S. The first kappa shape index (κ1) is 17.2. The number of aliphatic carboxylic acids is 1. The molecule has 0 radical (unpaired) electrons. The molecule has 0 aliphatic carbocycles. The van der Waals surface area contributed by atoms with E-state index in [1.165, 1.54) is 26.1 Å². The third-order valence-corrected chi connectivity index (χ3v) is 4.65. The Kier molecular flexibility index (Phi) is 4.78. The topological polar surface area (TPSA) is 91.8 Å². The maximum atomic E-state index is 12.4. The maximum absolute atomic E-state index is 12.4. The van der Waals surface area contributed by atoms with Crippen LogP contribution in [-0.2, 0) is 14.6 Å². The van der Waals surface area contributed by atoms with Gasteiger partial charge in [0.1, 0.15) is 6.04 Å². The van der Waals surface area contributed by atoms with Crippen molar-refractivity contribution >= 4 is 21.7 Å². The fourth-order valence-electron chi connectivity index (χ4n) is 1.79. The van der Waals surface area contributed by atoms with Gasteiger partial charge in [-0.05, 0) is 44.0 Å². The van der Waals surface area contributed by atoms with Crippen molar-refractivity contribution in [3.63, 3.8) is 0 Å². The second-order valence-corrected chi connectivity index (χ2v) is 7.13. The van der Waals surface area contributed by atoms with Crippen LogP contribution in [0.15, 0.2) is 17.0 Å². The number of hydrogen-bond donors (Lipinski definition) is 1. The van der Waals surface area contributed by atoms with Crippen LogP contribution >= 0.6 is 0 Å². The molecule has 7 heteroatoms. The Balaban J connectivity index is 3.39. The summed E-state index contributed by atoms with van der Waals surface area (Å²) in [5.74, 6) is -1.64. The summed E-state index contributed by atoms with van der Waals surface area (Å²) < 4.78 is 23.3. The van der Waals surface area contributed by atoms with E-state index in [1.807, 2.05) is 0 Å². The second kappa shape index (κ2) is 5.85. The van der Waals surface area contributed by atoms with Crippen molar-refractivity contribution in [2.24, 2.45) is 0 Å². The lowest BCUT2D eigenvalue weighted by Crippen LogP contribution is -2.40. The molecule has 6 nitrogen and oxygen atoms in total. The smallest absolute Gasteiger partial charge is 0.326 e. The summed E-state index contributed by atoms with van der Waals surface area (Å²) in [5, 5.41) is 8.97. The summed E-state index contributed by atoms with van der Waals surface area (Å²) in [6.07, 6.45) is 1.06. The number of likely N-dealkylation sites (N-methyl/N-ethyl adjacent to an activating group) is 1. The number of carboxylic acids is 1.